The van der Waals surface area contributed by atoms with Gasteiger partial charge in [-0.05, 0) is 20.3 Å². The largest absolute Gasteiger partial charge is 0.0877 e. The fourth-order valence-electron chi connectivity index (χ4n) is 0.513. The van der Waals surface area contributed by atoms with Crippen LogP contribution in [0.2, 0.25) is 0 Å². The smallest absolute Gasteiger partial charge is 0.0349 e. The van der Waals surface area contributed by atoms with Crippen LogP contribution in [0.15, 0.2) is 36.0 Å². The van der Waals surface area contributed by atoms with E-state index in [0.717, 1.165) is 6.42 Å². The molecule has 0 rings (SSSR count). The number of allylic oxidation sites excluding steroid dienone is 6. The zero-order valence-electron chi connectivity index (χ0n) is 7.09. The second kappa shape index (κ2) is 6.34. The Hall–Kier alpha value is -0.780. The van der Waals surface area contributed by atoms with E-state index in [1.165, 1.54) is 5.57 Å². The van der Waals surface area contributed by atoms with Gasteiger partial charge in [0.1, 0.15) is 0 Å². The number of rotatable bonds is 3. The van der Waals surface area contributed by atoms with Gasteiger partial charge in [-0.1, -0.05) is 42.9 Å². The Bertz CT molecular complexity index is 147. The van der Waals surface area contributed by atoms with Crippen LogP contribution in [0.3, 0.4) is 0 Å². The minimum absolute atomic E-state index is 1.14. The van der Waals surface area contributed by atoms with Crippen LogP contribution >= 0.6 is 0 Å². The molecule has 0 bridgehead atoms. The Labute approximate surface area is 64.0 Å². The Morgan fingerprint density at radius 2 is 1.90 bits per heavy atom. The van der Waals surface area contributed by atoms with Gasteiger partial charge >= 0.3 is 0 Å². The van der Waals surface area contributed by atoms with Crippen molar-refractivity contribution >= 4 is 0 Å². The molecule has 0 aromatic heterocycles. The Kier molecular flexibility index (Phi) is 5.85. The lowest BCUT2D eigenvalue weighted by Gasteiger charge is -1.87. The molecule has 0 heterocycles. The van der Waals surface area contributed by atoms with E-state index in [9.17, 15) is 0 Å². The minimum atomic E-state index is 1.14. The molecule has 0 aliphatic carbocycles. The van der Waals surface area contributed by atoms with Crippen LogP contribution in [0, 0.1) is 0 Å². The van der Waals surface area contributed by atoms with E-state index in [4.69, 9.17) is 0 Å². The average molecular weight is 136 g/mol. The molecule has 0 aliphatic rings. The molecule has 10 heavy (non-hydrogen) atoms. The first-order valence-electron chi connectivity index (χ1n) is 3.76. The Morgan fingerprint density at radius 3 is 2.40 bits per heavy atom. The zero-order valence-corrected chi connectivity index (χ0v) is 7.09. The van der Waals surface area contributed by atoms with Crippen molar-refractivity contribution in [3.63, 3.8) is 0 Å². The zero-order chi connectivity index (χ0) is 7.82. The molecule has 0 radical (unpaired) electrons. The molecule has 0 fully saturated rings. The van der Waals surface area contributed by atoms with E-state index in [2.05, 4.69) is 26.0 Å². The van der Waals surface area contributed by atoms with Gasteiger partial charge in [0.15, 0.2) is 0 Å². The van der Waals surface area contributed by atoms with Crippen LogP contribution in [0.25, 0.3) is 0 Å². The van der Waals surface area contributed by atoms with Gasteiger partial charge in [-0.25, -0.2) is 0 Å². The summed E-state index contributed by atoms with van der Waals surface area (Å²) < 4.78 is 0. The maximum atomic E-state index is 2.16. The second-order valence-electron chi connectivity index (χ2n) is 2.28. The molecule has 0 spiro atoms. The van der Waals surface area contributed by atoms with Crippen LogP contribution < -0.4 is 0 Å². The van der Waals surface area contributed by atoms with E-state index in [1.807, 2.05) is 25.2 Å². The van der Waals surface area contributed by atoms with Crippen LogP contribution in [0.5, 0.6) is 0 Å². The maximum absolute atomic E-state index is 2.16. The molecule has 0 saturated carbocycles. The van der Waals surface area contributed by atoms with Crippen molar-refractivity contribution in [1.82, 2.24) is 0 Å². The number of hydrogen-bond donors (Lipinski definition) is 0. The molecular weight excluding hydrogens is 120 g/mol. The topological polar surface area (TPSA) is 0 Å². The highest BCUT2D eigenvalue weighted by molar-refractivity contribution is 5.14. The first kappa shape index (κ1) is 9.22. The summed E-state index contributed by atoms with van der Waals surface area (Å²) in [5.74, 6) is 0. The Morgan fingerprint density at radius 1 is 1.20 bits per heavy atom. The standard InChI is InChI=1S/C10H16/c1-4-6-7-8-9-10(3)5-2/h4,6-9H,5H2,1-3H3/b6-4?,8-7-,10-9+. The summed E-state index contributed by atoms with van der Waals surface area (Å²) >= 11 is 0. The number of hydrogen-bond acceptors (Lipinski definition) is 0. The quantitative estimate of drug-likeness (QED) is 0.521. The predicted octanol–water partition coefficient (Wildman–Crippen LogP) is 3.48. The first-order chi connectivity index (χ1) is 4.81. The Balaban J connectivity index is 3.70. The minimum Gasteiger partial charge on any atom is -0.0877 e. The summed E-state index contributed by atoms with van der Waals surface area (Å²) in [5.41, 5.74) is 1.42. The van der Waals surface area contributed by atoms with Crippen molar-refractivity contribution in [2.45, 2.75) is 27.2 Å². The second-order valence-corrected chi connectivity index (χ2v) is 2.28. The molecule has 0 atom stereocenters. The predicted molar refractivity (Wildman–Crippen MR) is 48.0 cm³/mol. The summed E-state index contributed by atoms with van der Waals surface area (Å²) in [4.78, 5) is 0. The van der Waals surface area contributed by atoms with Gasteiger partial charge in [0.25, 0.3) is 0 Å². The molecule has 0 heteroatoms. The third kappa shape index (κ3) is 5.36. The van der Waals surface area contributed by atoms with Gasteiger partial charge in [-0.3, -0.25) is 0 Å². The van der Waals surface area contributed by atoms with Crippen LogP contribution in [0.1, 0.15) is 27.2 Å². The molecule has 0 aliphatic heterocycles. The van der Waals surface area contributed by atoms with Crippen molar-refractivity contribution < 1.29 is 0 Å². The summed E-state index contributed by atoms with van der Waals surface area (Å²) in [7, 11) is 0. The molecule has 56 valence electrons. The van der Waals surface area contributed by atoms with Gasteiger partial charge in [0.2, 0.25) is 0 Å². The van der Waals surface area contributed by atoms with Crippen molar-refractivity contribution in [3.8, 4) is 0 Å². The molecule has 0 aromatic rings. The van der Waals surface area contributed by atoms with Crippen molar-refractivity contribution in [3.05, 3.63) is 36.0 Å². The van der Waals surface area contributed by atoms with E-state index < -0.39 is 0 Å². The summed E-state index contributed by atoms with van der Waals surface area (Å²) in [6.45, 7) is 6.32. The molecule has 0 aromatic carbocycles. The van der Waals surface area contributed by atoms with Gasteiger partial charge in [0.05, 0.1) is 0 Å². The fourth-order valence-corrected chi connectivity index (χ4v) is 0.513. The van der Waals surface area contributed by atoms with Crippen molar-refractivity contribution in [2.75, 3.05) is 0 Å². The van der Waals surface area contributed by atoms with Crippen molar-refractivity contribution in [1.29, 1.82) is 0 Å². The maximum Gasteiger partial charge on any atom is -0.0349 e. The average Bonchev–Trinajstić information content (AvgIpc) is 1.98. The third-order valence-electron chi connectivity index (χ3n) is 1.35. The van der Waals surface area contributed by atoms with E-state index in [1.54, 1.807) is 0 Å². The van der Waals surface area contributed by atoms with E-state index in [0.29, 0.717) is 0 Å². The molecule has 0 saturated heterocycles. The third-order valence-corrected chi connectivity index (χ3v) is 1.35. The molecule has 0 unspecified atom stereocenters. The van der Waals surface area contributed by atoms with Crippen LogP contribution in [-0.4, -0.2) is 0 Å². The monoisotopic (exact) mass is 136 g/mol. The van der Waals surface area contributed by atoms with Crippen LogP contribution in [0.4, 0.5) is 0 Å². The SMILES string of the molecule is CC=C/C=C\C=C(/C)CC. The molecule has 0 nitrogen and oxygen atoms in total. The van der Waals surface area contributed by atoms with Gasteiger partial charge < -0.3 is 0 Å². The first-order valence-corrected chi connectivity index (χ1v) is 3.76. The molecule has 0 amide bonds. The molecular formula is C10H16. The summed E-state index contributed by atoms with van der Waals surface area (Å²) in [6, 6.07) is 0. The highest BCUT2D eigenvalue weighted by Crippen LogP contribution is 1.97. The molecule has 0 N–H and O–H groups in total. The highest BCUT2D eigenvalue weighted by Gasteiger charge is 1.76. The highest BCUT2D eigenvalue weighted by atomic mass is 13.8. The lowest BCUT2D eigenvalue weighted by atomic mass is 10.2. The van der Waals surface area contributed by atoms with Gasteiger partial charge in [0, 0.05) is 0 Å². The summed E-state index contributed by atoms with van der Waals surface area (Å²) in [6.07, 6.45) is 11.4. The van der Waals surface area contributed by atoms with Gasteiger partial charge in [-0.15, -0.1) is 0 Å². The normalized spacial score (nSPS) is 13.7. The van der Waals surface area contributed by atoms with Crippen LogP contribution in [-0.2, 0) is 0 Å². The van der Waals surface area contributed by atoms with Crippen molar-refractivity contribution in [2.24, 2.45) is 0 Å². The van der Waals surface area contributed by atoms with E-state index >= 15 is 0 Å². The fraction of sp³-hybridized carbons (Fsp3) is 0.400. The van der Waals surface area contributed by atoms with Gasteiger partial charge in [-0.2, -0.15) is 0 Å². The lowest BCUT2D eigenvalue weighted by molar-refractivity contribution is 1.10. The summed E-state index contributed by atoms with van der Waals surface area (Å²) in [5, 5.41) is 0. The lowest BCUT2D eigenvalue weighted by Crippen LogP contribution is -1.66. The van der Waals surface area contributed by atoms with E-state index in [-0.39, 0.29) is 0 Å².